The van der Waals surface area contributed by atoms with E-state index in [0.717, 1.165) is 28.9 Å². The van der Waals surface area contributed by atoms with E-state index in [4.69, 9.17) is 0 Å². The fourth-order valence-corrected chi connectivity index (χ4v) is 3.77. The number of amides is 2. The lowest BCUT2D eigenvalue weighted by atomic mass is 10.1. The van der Waals surface area contributed by atoms with Crippen molar-refractivity contribution in [3.05, 3.63) is 65.0 Å². The largest absolute Gasteiger partial charge is 0.325 e. The third-order valence-corrected chi connectivity index (χ3v) is 5.35. The van der Waals surface area contributed by atoms with E-state index < -0.39 is 0 Å². The van der Waals surface area contributed by atoms with Crippen molar-refractivity contribution in [2.24, 2.45) is 0 Å². The summed E-state index contributed by atoms with van der Waals surface area (Å²) >= 11 is 1.38. The Bertz CT molecular complexity index is 1010. The van der Waals surface area contributed by atoms with Gasteiger partial charge in [0.15, 0.2) is 5.13 Å². The Balaban J connectivity index is 1.50. The summed E-state index contributed by atoms with van der Waals surface area (Å²) in [5.41, 5.74) is 4.93. The fourth-order valence-electron chi connectivity index (χ4n) is 3.03. The van der Waals surface area contributed by atoms with Crippen molar-refractivity contribution in [1.82, 2.24) is 9.88 Å². The molecular weight excluding hydrogens is 396 g/mol. The number of benzene rings is 2. The van der Waals surface area contributed by atoms with Crippen LogP contribution in [0.4, 0.5) is 10.8 Å². The van der Waals surface area contributed by atoms with E-state index in [1.807, 2.05) is 67.8 Å². The second-order valence-corrected chi connectivity index (χ2v) is 8.04. The Morgan fingerprint density at radius 1 is 1.00 bits per heavy atom. The molecule has 0 saturated heterocycles. The normalized spacial score (nSPS) is 10.8. The highest BCUT2D eigenvalue weighted by molar-refractivity contribution is 7.14. The van der Waals surface area contributed by atoms with E-state index in [0.29, 0.717) is 5.13 Å². The van der Waals surface area contributed by atoms with Crippen LogP contribution in [0, 0.1) is 6.92 Å². The molecular formula is C23H26N4O2S. The molecule has 0 bridgehead atoms. The van der Waals surface area contributed by atoms with E-state index >= 15 is 0 Å². The maximum Gasteiger partial charge on any atom is 0.240 e. The van der Waals surface area contributed by atoms with Crippen molar-refractivity contribution < 1.29 is 9.59 Å². The number of aromatic nitrogens is 1. The molecule has 0 atom stereocenters. The average molecular weight is 423 g/mol. The van der Waals surface area contributed by atoms with Crippen molar-refractivity contribution in [3.63, 3.8) is 0 Å². The van der Waals surface area contributed by atoms with Gasteiger partial charge in [-0.1, -0.05) is 55.0 Å². The van der Waals surface area contributed by atoms with Gasteiger partial charge in [0.05, 0.1) is 18.8 Å². The molecule has 0 radical (unpaired) electrons. The Kier molecular flexibility index (Phi) is 7.32. The van der Waals surface area contributed by atoms with Crippen LogP contribution in [-0.4, -0.2) is 41.8 Å². The molecule has 0 aliphatic carbocycles. The van der Waals surface area contributed by atoms with Crippen LogP contribution in [-0.2, 0) is 16.0 Å². The standard InChI is InChI=1S/C23H26N4O2S/c1-4-17-7-5-6-8-19(17)24-21(28)13-27(3)14-22(29)26-23-25-20(15-30-23)18-11-9-16(2)10-12-18/h5-12,15H,4,13-14H2,1-3H3,(H,24,28)(H,25,26,29). The number of nitrogens with one attached hydrogen (secondary N) is 2. The maximum absolute atomic E-state index is 12.3. The lowest BCUT2D eigenvalue weighted by Gasteiger charge is -2.16. The van der Waals surface area contributed by atoms with Crippen molar-refractivity contribution in [2.75, 3.05) is 30.8 Å². The first-order chi connectivity index (χ1) is 14.4. The van der Waals surface area contributed by atoms with E-state index in [9.17, 15) is 9.59 Å². The number of hydrogen-bond donors (Lipinski definition) is 2. The van der Waals surface area contributed by atoms with E-state index in [1.165, 1.54) is 16.9 Å². The van der Waals surface area contributed by atoms with Crippen LogP contribution >= 0.6 is 11.3 Å². The molecule has 0 spiro atoms. The summed E-state index contributed by atoms with van der Waals surface area (Å²) < 4.78 is 0. The number of thiazole rings is 1. The van der Waals surface area contributed by atoms with Crippen LogP contribution in [0.25, 0.3) is 11.3 Å². The van der Waals surface area contributed by atoms with Gasteiger partial charge in [-0.05, 0) is 32.0 Å². The van der Waals surface area contributed by atoms with Crippen LogP contribution in [0.5, 0.6) is 0 Å². The first-order valence-electron chi connectivity index (χ1n) is 9.83. The maximum atomic E-state index is 12.3. The fraction of sp³-hybridized carbons (Fsp3) is 0.261. The van der Waals surface area contributed by atoms with Gasteiger partial charge in [-0.2, -0.15) is 0 Å². The van der Waals surface area contributed by atoms with Gasteiger partial charge in [0.2, 0.25) is 11.8 Å². The van der Waals surface area contributed by atoms with Gasteiger partial charge in [-0.15, -0.1) is 11.3 Å². The van der Waals surface area contributed by atoms with Gasteiger partial charge < -0.3 is 10.6 Å². The van der Waals surface area contributed by atoms with Gasteiger partial charge in [-0.3, -0.25) is 14.5 Å². The zero-order valence-electron chi connectivity index (χ0n) is 17.4. The minimum absolute atomic E-state index is 0.0995. The third kappa shape index (κ3) is 5.98. The average Bonchev–Trinajstić information content (AvgIpc) is 3.16. The molecule has 0 aliphatic rings. The molecule has 0 saturated carbocycles. The topological polar surface area (TPSA) is 74.3 Å². The summed E-state index contributed by atoms with van der Waals surface area (Å²) in [6.45, 7) is 4.31. The lowest BCUT2D eigenvalue weighted by molar-refractivity contribution is -0.119. The molecule has 30 heavy (non-hydrogen) atoms. The number of aryl methyl sites for hydroxylation is 2. The summed E-state index contributed by atoms with van der Waals surface area (Å²) in [7, 11) is 1.74. The van der Waals surface area contributed by atoms with Crippen molar-refractivity contribution >= 4 is 34.0 Å². The van der Waals surface area contributed by atoms with Crippen molar-refractivity contribution in [1.29, 1.82) is 0 Å². The van der Waals surface area contributed by atoms with E-state index in [1.54, 1.807) is 11.9 Å². The lowest BCUT2D eigenvalue weighted by Crippen LogP contribution is -2.36. The summed E-state index contributed by atoms with van der Waals surface area (Å²) in [5.74, 6) is -0.355. The van der Waals surface area contributed by atoms with Gasteiger partial charge in [0.25, 0.3) is 0 Å². The molecule has 7 heteroatoms. The first-order valence-corrected chi connectivity index (χ1v) is 10.7. The van der Waals surface area contributed by atoms with Crippen LogP contribution in [0.15, 0.2) is 53.9 Å². The Morgan fingerprint density at radius 2 is 1.67 bits per heavy atom. The molecule has 2 N–H and O–H groups in total. The quantitative estimate of drug-likeness (QED) is 0.571. The van der Waals surface area contributed by atoms with Crippen molar-refractivity contribution in [2.45, 2.75) is 20.3 Å². The number of rotatable bonds is 8. The molecule has 0 unspecified atom stereocenters. The highest BCUT2D eigenvalue weighted by Gasteiger charge is 2.14. The predicted molar refractivity (Wildman–Crippen MR) is 123 cm³/mol. The molecule has 3 rings (SSSR count). The monoisotopic (exact) mass is 422 g/mol. The van der Waals surface area contributed by atoms with Gasteiger partial charge in [0, 0.05) is 16.6 Å². The van der Waals surface area contributed by atoms with Crippen LogP contribution in [0.1, 0.15) is 18.1 Å². The SMILES string of the molecule is CCc1ccccc1NC(=O)CN(C)CC(=O)Nc1nc(-c2ccc(C)cc2)cs1. The molecule has 3 aromatic rings. The Hall–Kier alpha value is -3.03. The highest BCUT2D eigenvalue weighted by Crippen LogP contribution is 2.25. The Labute approximate surface area is 181 Å². The molecule has 0 fully saturated rings. The minimum Gasteiger partial charge on any atom is -0.325 e. The summed E-state index contributed by atoms with van der Waals surface area (Å²) in [5, 5.41) is 8.19. The van der Waals surface area contributed by atoms with Gasteiger partial charge in [-0.25, -0.2) is 4.98 Å². The molecule has 1 heterocycles. The summed E-state index contributed by atoms with van der Waals surface area (Å²) in [4.78, 5) is 30.8. The van der Waals surface area contributed by atoms with Crippen LogP contribution in [0.2, 0.25) is 0 Å². The number of likely N-dealkylation sites (N-methyl/N-ethyl adjacent to an activating group) is 1. The number of hydrogen-bond acceptors (Lipinski definition) is 5. The number of anilines is 2. The number of nitrogens with zero attached hydrogens (tertiary/aromatic N) is 2. The Morgan fingerprint density at radius 3 is 2.37 bits per heavy atom. The van der Waals surface area contributed by atoms with Crippen molar-refractivity contribution in [3.8, 4) is 11.3 Å². The second kappa shape index (κ2) is 10.1. The molecule has 156 valence electrons. The second-order valence-electron chi connectivity index (χ2n) is 7.18. The smallest absolute Gasteiger partial charge is 0.240 e. The zero-order valence-corrected chi connectivity index (χ0v) is 18.3. The number of carbonyl (C=O) groups is 2. The molecule has 2 amide bonds. The molecule has 6 nitrogen and oxygen atoms in total. The van der Waals surface area contributed by atoms with Crippen LogP contribution in [0.3, 0.4) is 0 Å². The zero-order chi connectivity index (χ0) is 21.5. The third-order valence-electron chi connectivity index (χ3n) is 4.60. The minimum atomic E-state index is -0.205. The van der Waals surface area contributed by atoms with Crippen LogP contribution < -0.4 is 10.6 Å². The number of carbonyl (C=O) groups excluding carboxylic acids is 2. The first kappa shape index (κ1) is 21.7. The summed E-state index contributed by atoms with van der Waals surface area (Å²) in [6, 6.07) is 15.8. The highest BCUT2D eigenvalue weighted by atomic mass is 32.1. The predicted octanol–water partition coefficient (Wildman–Crippen LogP) is 4.19. The van der Waals surface area contributed by atoms with E-state index in [2.05, 4.69) is 15.6 Å². The summed E-state index contributed by atoms with van der Waals surface area (Å²) in [6.07, 6.45) is 0.840. The van der Waals surface area contributed by atoms with Gasteiger partial charge >= 0.3 is 0 Å². The van der Waals surface area contributed by atoms with E-state index in [-0.39, 0.29) is 24.9 Å². The van der Waals surface area contributed by atoms with Gasteiger partial charge in [0.1, 0.15) is 0 Å². The molecule has 0 aliphatic heterocycles. The number of para-hydroxylation sites is 1. The molecule has 1 aromatic heterocycles. The molecule has 2 aromatic carbocycles.